The van der Waals surface area contributed by atoms with E-state index in [1.165, 1.54) is 0 Å². The lowest BCUT2D eigenvalue weighted by Crippen LogP contribution is -2.24. The summed E-state index contributed by atoms with van der Waals surface area (Å²) in [5, 5.41) is 2.66. The van der Waals surface area contributed by atoms with Crippen molar-refractivity contribution in [2.75, 3.05) is 12.4 Å². The molecule has 94 valence electrons. The molecule has 0 aliphatic heterocycles. The molecule has 1 aromatic heterocycles. The van der Waals surface area contributed by atoms with Gasteiger partial charge in [0.05, 0.1) is 0 Å². The van der Waals surface area contributed by atoms with Gasteiger partial charge in [0.25, 0.3) is 5.91 Å². The van der Waals surface area contributed by atoms with Crippen LogP contribution in [0.25, 0.3) is 11.3 Å². The summed E-state index contributed by atoms with van der Waals surface area (Å²) in [5.41, 5.74) is 2.11. The molecular formula is C14H14ClNO2. The van der Waals surface area contributed by atoms with E-state index in [2.05, 4.69) is 5.32 Å². The number of alkyl halides is 1. The minimum Gasteiger partial charge on any atom is -0.451 e. The molecule has 3 nitrogen and oxygen atoms in total. The summed E-state index contributed by atoms with van der Waals surface area (Å²) in [6.07, 6.45) is 0. The second-order valence-corrected chi connectivity index (χ2v) is 4.36. The lowest BCUT2D eigenvalue weighted by Gasteiger charge is -2.00. The molecule has 18 heavy (non-hydrogen) atoms. The minimum atomic E-state index is -0.241. The molecule has 1 N–H and O–H groups in total. The fraction of sp³-hybridized carbons (Fsp3) is 0.214. The van der Waals surface area contributed by atoms with Crippen LogP contribution in [0.1, 0.15) is 16.1 Å². The lowest BCUT2D eigenvalue weighted by atomic mass is 10.1. The van der Waals surface area contributed by atoms with Crippen LogP contribution in [0.2, 0.25) is 0 Å². The summed E-state index contributed by atoms with van der Waals surface area (Å²) < 4.78 is 5.53. The van der Waals surface area contributed by atoms with E-state index in [1.807, 2.05) is 31.2 Å². The van der Waals surface area contributed by atoms with Crippen LogP contribution < -0.4 is 5.32 Å². The van der Waals surface area contributed by atoms with Gasteiger partial charge in [-0.05, 0) is 25.1 Å². The number of nitrogens with one attached hydrogen (secondary N) is 1. The number of furan rings is 1. The fourth-order valence-corrected chi connectivity index (χ4v) is 1.76. The number of hydrogen-bond acceptors (Lipinski definition) is 2. The maximum atomic E-state index is 11.7. The second kappa shape index (κ2) is 5.74. The SMILES string of the molecule is Cc1cccc(-c2ccc(C(=O)NCCCl)o2)c1. The van der Waals surface area contributed by atoms with E-state index in [1.54, 1.807) is 12.1 Å². The van der Waals surface area contributed by atoms with Gasteiger partial charge in [-0.1, -0.05) is 23.8 Å². The smallest absolute Gasteiger partial charge is 0.287 e. The van der Waals surface area contributed by atoms with Gasteiger partial charge in [-0.2, -0.15) is 0 Å². The van der Waals surface area contributed by atoms with E-state index in [0.29, 0.717) is 23.9 Å². The molecule has 1 aromatic carbocycles. The number of carbonyl (C=O) groups excluding carboxylic acids is 1. The van der Waals surface area contributed by atoms with E-state index in [0.717, 1.165) is 11.1 Å². The second-order valence-electron chi connectivity index (χ2n) is 3.98. The van der Waals surface area contributed by atoms with Crippen LogP contribution in [0.4, 0.5) is 0 Å². The molecule has 0 unspecified atom stereocenters. The largest absolute Gasteiger partial charge is 0.451 e. The number of aryl methyl sites for hydroxylation is 1. The summed E-state index contributed by atoms with van der Waals surface area (Å²) in [4.78, 5) is 11.7. The quantitative estimate of drug-likeness (QED) is 0.861. The Bertz CT molecular complexity index is 548. The Morgan fingerprint density at radius 1 is 1.33 bits per heavy atom. The Labute approximate surface area is 111 Å². The molecule has 0 fully saturated rings. The van der Waals surface area contributed by atoms with Gasteiger partial charge in [-0.15, -0.1) is 11.6 Å². The molecule has 1 heterocycles. The van der Waals surface area contributed by atoms with Gasteiger partial charge in [-0.25, -0.2) is 0 Å². The van der Waals surface area contributed by atoms with E-state index >= 15 is 0 Å². The molecule has 0 saturated carbocycles. The van der Waals surface area contributed by atoms with Crippen molar-refractivity contribution in [3.8, 4) is 11.3 Å². The third-order valence-electron chi connectivity index (χ3n) is 2.51. The predicted octanol–water partition coefficient (Wildman–Crippen LogP) is 3.22. The van der Waals surface area contributed by atoms with Gasteiger partial charge >= 0.3 is 0 Å². The van der Waals surface area contributed by atoms with Crippen molar-refractivity contribution in [2.45, 2.75) is 6.92 Å². The van der Waals surface area contributed by atoms with Crippen LogP contribution in [0.15, 0.2) is 40.8 Å². The summed E-state index contributed by atoms with van der Waals surface area (Å²) in [6.45, 7) is 2.45. The van der Waals surface area contributed by atoms with E-state index in [4.69, 9.17) is 16.0 Å². The molecule has 0 atom stereocenters. The van der Waals surface area contributed by atoms with Crippen molar-refractivity contribution in [1.29, 1.82) is 0 Å². The molecule has 0 aliphatic carbocycles. The topological polar surface area (TPSA) is 42.2 Å². The zero-order valence-corrected chi connectivity index (χ0v) is 10.8. The van der Waals surface area contributed by atoms with Crippen molar-refractivity contribution in [1.82, 2.24) is 5.32 Å². The predicted molar refractivity (Wildman–Crippen MR) is 71.9 cm³/mol. The lowest BCUT2D eigenvalue weighted by molar-refractivity contribution is 0.0929. The van der Waals surface area contributed by atoms with E-state index < -0.39 is 0 Å². The third kappa shape index (κ3) is 2.93. The van der Waals surface area contributed by atoms with Crippen molar-refractivity contribution in [2.24, 2.45) is 0 Å². The van der Waals surface area contributed by atoms with Gasteiger partial charge in [-0.3, -0.25) is 4.79 Å². The monoisotopic (exact) mass is 263 g/mol. The fourth-order valence-electron chi connectivity index (χ4n) is 1.66. The van der Waals surface area contributed by atoms with Gasteiger partial charge in [0.2, 0.25) is 0 Å². The van der Waals surface area contributed by atoms with Gasteiger partial charge in [0.15, 0.2) is 5.76 Å². The number of carbonyl (C=O) groups is 1. The molecule has 4 heteroatoms. The average Bonchev–Trinajstić information content (AvgIpc) is 2.85. The number of amides is 1. The number of hydrogen-bond donors (Lipinski definition) is 1. The van der Waals surface area contributed by atoms with Crippen LogP contribution in [0, 0.1) is 6.92 Å². The summed E-state index contributed by atoms with van der Waals surface area (Å²) in [7, 11) is 0. The van der Waals surface area contributed by atoms with Crippen LogP contribution >= 0.6 is 11.6 Å². The van der Waals surface area contributed by atoms with Crippen LogP contribution in [0.5, 0.6) is 0 Å². The van der Waals surface area contributed by atoms with Gasteiger partial charge < -0.3 is 9.73 Å². The van der Waals surface area contributed by atoms with Crippen molar-refractivity contribution in [3.05, 3.63) is 47.7 Å². The zero-order chi connectivity index (χ0) is 13.0. The highest BCUT2D eigenvalue weighted by atomic mass is 35.5. The molecule has 0 aliphatic rings. The molecule has 1 amide bonds. The van der Waals surface area contributed by atoms with E-state index in [9.17, 15) is 4.79 Å². The van der Waals surface area contributed by atoms with Crippen LogP contribution in [-0.2, 0) is 0 Å². The average molecular weight is 264 g/mol. The Morgan fingerprint density at radius 3 is 2.89 bits per heavy atom. The highest BCUT2D eigenvalue weighted by Crippen LogP contribution is 2.22. The molecule has 0 bridgehead atoms. The highest BCUT2D eigenvalue weighted by molar-refractivity contribution is 6.18. The first kappa shape index (κ1) is 12.7. The Hall–Kier alpha value is -1.74. The summed E-state index contributed by atoms with van der Waals surface area (Å²) >= 11 is 5.51. The first-order valence-corrected chi connectivity index (χ1v) is 6.25. The summed E-state index contributed by atoms with van der Waals surface area (Å²) in [6, 6.07) is 11.4. The zero-order valence-electron chi connectivity index (χ0n) is 10.1. The first-order chi connectivity index (χ1) is 8.70. The molecule has 2 rings (SSSR count). The summed E-state index contributed by atoms with van der Waals surface area (Å²) in [5.74, 6) is 1.14. The first-order valence-electron chi connectivity index (χ1n) is 5.72. The minimum absolute atomic E-state index is 0.241. The highest BCUT2D eigenvalue weighted by Gasteiger charge is 2.11. The normalized spacial score (nSPS) is 10.3. The van der Waals surface area contributed by atoms with Crippen LogP contribution in [0.3, 0.4) is 0 Å². The van der Waals surface area contributed by atoms with Crippen LogP contribution in [-0.4, -0.2) is 18.3 Å². The molecule has 2 aromatic rings. The number of benzene rings is 1. The maximum Gasteiger partial charge on any atom is 0.287 e. The van der Waals surface area contributed by atoms with Gasteiger partial charge in [0, 0.05) is 18.0 Å². The molecule has 0 saturated heterocycles. The van der Waals surface area contributed by atoms with E-state index in [-0.39, 0.29) is 5.91 Å². The standard InChI is InChI=1S/C14H14ClNO2/c1-10-3-2-4-11(9-10)12-5-6-13(18-12)14(17)16-8-7-15/h2-6,9H,7-8H2,1H3,(H,16,17). The number of halogens is 1. The Morgan fingerprint density at radius 2 is 2.17 bits per heavy atom. The van der Waals surface area contributed by atoms with Crippen molar-refractivity contribution < 1.29 is 9.21 Å². The third-order valence-corrected chi connectivity index (χ3v) is 2.70. The van der Waals surface area contributed by atoms with Crippen molar-refractivity contribution >= 4 is 17.5 Å². The van der Waals surface area contributed by atoms with Gasteiger partial charge in [0.1, 0.15) is 5.76 Å². The Kier molecular flexibility index (Phi) is 4.05. The molecular weight excluding hydrogens is 250 g/mol. The molecule has 0 spiro atoms. The number of rotatable bonds is 4. The maximum absolute atomic E-state index is 11.7. The molecule has 0 radical (unpaired) electrons. The van der Waals surface area contributed by atoms with Crippen molar-refractivity contribution in [3.63, 3.8) is 0 Å². The Balaban J connectivity index is 2.17.